The molecule has 0 rings (SSSR count). The molecule has 340 valence electrons. The Labute approximate surface area is 356 Å². The van der Waals surface area contributed by atoms with Gasteiger partial charge in [-0.15, -0.1) is 0 Å². The van der Waals surface area contributed by atoms with E-state index < -0.39 is 0 Å². The minimum Gasteiger partial charge on any atom is -0.465 e. The lowest BCUT2D eigenvalue weighted by Gasteiger charge is -2.25. The Bertz CT molecular complexity index is 855. The van der Waals surface area contributed by atoms with Crippen LogP contribution in [0.3, 0.4) is 0 Å². The number of nitrogens with zero attached hydrogens (tertiary/aromatic N) is 2. The number of esters is 2. The molecule has 0 aromatic heterocycles. The third kappa shape index (κ3) is 35.3. The molecule has 57 heavy (non-hydrogen) atoms. The number of rotatable bonds is 45. The summed E-state index contributed by atoms with van der Waals surface area (Å²) in [6, 6.07) is 0. The van der Waals surface area contributed by atoms with E-state index in [1.165, 1.54) is 122 Å². The minimum atomic E-state index is -0.0366. The molecule has 0 fully saturated rings. The van der Waals surface area contributed by atoms with Crippen molar-refractivity contribution in [1.29, 1.82) is 0 Å². The zero-order valence-electron chi connectivity index (χ0n) is 39.5. The first-order valence-corrected chi connectivity index (χ1v) is 25.0. The molecule has 0 saturated heterocycles. The van der Waals surface area contributed by atoms with E-state index in [2.05, 4.69) is 51.6 Å². The standard InChI is InChI=1S/C50H100N2O5/c1-8-12-16-19-21-29-36-46(35-28-18-14-10-3)49(53)56-43-33-25-23-31-39-52(42-41-51(5)6)40-32-24-26-34-44-57-50(54)48(38-30-22-20-17-13-9-2)47(45-55-7)37-27-15-11-4/h46-48H,8-45H2,1-7H3. The molecule has 0 aromatic rings. The first-order chi connectivity index (χ1) is 27.8. The van der Waals surface area contributed by atoms with E-state index in [1.807, 2.05) is 0 Å². The molecule has 0 radical (unpaired) electrons. The largest absolute Gasteiger partial charge is 0.465 e. The van der Waals surface area contributed by atoms with Crippen LogP contribution < -0.4 is 0 Å². The van der Waals surface area contributed by atoms with Gasteiger partial charge in [-0.05, 0) is 84.5 Å². The van der Waals surface area contributed by atoms with Crippen molar-refractivity contribution in [2.75, 3.05) is 67.2 Å². The predicted molar refractivity (Wildman–Crippen MR) is 245 cm³/mol. The number of carbonyl (C=O) groups is 2. The highest BCUT2D eigenvalue weighted by Crippen LogP contribution is 2.27. The number of hydrogen-bond acceptors (Lipinski definition) is 7. The SMILES string of the molecule is CCCCCCCCC(CCCCCC)C(=O)OCCCCCCN(CCCCCCOC(=O)C(CCCCCCCC)C(CCCCC)COC)CCN(C)C. The summed E-state index contributed by atoms with van der Waals surface area (Å²) in [5.41, 5.74) is 0. The van der Waals surface area contributed by atoms with E-state index in [9.17, 15) is 9.59 Å². The third-order valence-electron chi connectivity index (χ3n) is 12.0. The number of hydrogen-bond donors (Lipinski definition) is 0. The molecule has 3 atom stereocenters. The van der Waals surface area contributed by atoms with Crippen molar-refractivity contribution in [1.82, 2.24) is 9.80 Å². The Morgan fingerprint density at radius 3 is 1.35 bits per heavy atom. The second-order valence-corrected chi connectivity index (χ2v) is 17.8. The number of likely N-dealkylation sites (N-methyl/N-ethyl adjacent to an activating group) is 1. The molecule has 0 saturated carbocycles. The van der Waals surface area contributed by atoms with Crippen LogP contribution in [-0.2, 0) is 23.8 Å². The first-order valence-electron chi connectivity index (χ1n) is 25.0. The molecule has 0 aliphatic heterocycles. The molecule has 0 amide bonds. The second kappa shape index (κ2) is 42.9. The van der Waals surface area contributed by atoms with Gasteiger partial charge < -0.3 is 24.0 Å². The number of carbonyl (C=O) groups excluding carboxylic acids is 2. The fraction of sp³-hybridized carbons (Fsp3) is 0.960. The molecule has 0 aliphatic carbocycles. The molecule has 0 spiro atoms. The van der Waals surface area contributed by atoms with E-state index in [1.54, 1.807) is 7.11 Å². The van der Waals surface area contributed by atoms with Crippen LogP contribution in [0.25, 0.3) is 0 Å². The molecule has 7 nitrogen and oxygen atoms in total. The van der Waals surface area contributed by atoms with Gasteiger partial charge in [0.05, 0.1) is 25.0 Å². The average Bonchev–Trinajstić information content (AvgIpc) is 3.20. The van der Waals surface area contributed by atoms with Crippen LogP contribution in [0.4, 0.5) is 0 Å². The molecular formula is C50H100N2O5. The van der Waals surface area contributed by atoms with Crippen LogP contribution in [0.5, 0.6) is 0 Å². The maximum Gasteiger partial charge on any atom is 0.309 e. The van der Waals surface area contributed by atoms with Crippen LogP contribution in [0.15, 0.2) is 0 Å². The van der Waals surface area contributed by atoms with Gasteiger partial charge >= 0.3 is 11.9 Å². The molecule has 7 heteroatoms. The van der Waals surface area contributed by atoms with Gasteiger partial charge in [0.25, 0.3) is 0 Å². The van der Waals surface area contributed by atoms with Crippen LogP contribution in [0, 0.1) is 17.8 Å². The molecule has 0 aliphatic rings. The topological polar surface area (TPSA) is 68.3 Å². The van der Waals surface area contributed by atoms with Crippen molar-refractivity contribution in [3.8, 4) is 0 Å². The molecule has 0 heterocycles. The number of ether oxygens (including phenoxy) is 3. The van der Waals surface area contributed by atoms with Crippen molar-refractivity contribution < 1.29 is 23.8 Å². The predicted octanol–water partition coefficient (Wildman–Crippen LogP) is 13.6. The first kappa shape index (κ1) is 55.8. The summed E-state index contributed by atoms with van der Waals surface area (Å²) in [5.74, 6) is 0.400. The molecule has 0 aromatic carbocycles. The van der Waals surface area contributed by atoms with E-state index in [0.29, 0.717) is 19.8 Å². The van der Waals surface area contributed by atoms with E-state index in [-0.39, 0.29) is 29.7 Å². The molecule has 3 unspecified atom stereocenters. The van der Waals surface area contributed by atoms with Gasteiger partial charge in [-0.3, -0.25) is 9.59 Å². The second-order valence-electron chi connectivity index (χ2n) is 17.8. The third-order valence-corrected chi connectivity index (χ3v) is 12.0. The number of methoxy groups -OCH3 is 1. The fourth-order valence-electron chi connectivity index (χ4n) is 8.16. The Balaban J connectivity index is 4.57. The Morgan fingerprint density at radius 2 is 0.842 bits per heavy atom. The summed E-state index contributed by atoms with van der Waals surface area (Å²) in [5, 5.41) is 0. The molecular weight excluding hydrogens is 709 g/mol. The van der Waals surface area contributed by atoms with Crippen LogP contribution >= 0.6 is 0 Å². The quantitative estimate of drug-likeness (QED) is 0.0448. The van der Waals surface area contributed by atoms with E-state index in [0.717, 1.165) is 103 Å². The Hall–Kier alpha value is -1.18. The highest BCUT2D eigenvalue weighted by Gasteiger charge is 2.29. The van der Waals surface area contributed by atoms with Crippen LogP contribution in [0.2, 0.25) is 0 Å². The van der Waals surface area contributed by atoms with E-state index >= 15 is 0 Å². The van der Waals surface area contributed by atoms with Crippen molar-refractivity contribution in [3.63, 3.8) is 0 Å². The highest BCUT2D eigenvalue weighted by molar-refractivity contribution is 5.73. The summed E-state index contributed by atoms with van der Waals surface area (Å²) in [4.78, 5) is 31.3. The maximum atomic E-state index is 13.4. The Morgan fingerprint density at radius 1 is 0.439 bits per heavy atom. The molecule has 0 bridgehead atoms. The smallest absolute Gasteiger partial charge is 0.309 e. The van der Waals surface area contributed by atoms with Crippen molar-refractivity contribution in [3.05, 3.63) is 0 Å². The summed E-state index contributed by atoms with van der Waals surface area (Å²) in [6.45, 7) is 15.2. The lowest BCUT2D eigenvalue weighted by atomic mass is 9.84. The lowest BCUT2D eigenvalue weighted by Crippen LogP contribution is -2.33. The Kier molecular flexibility index (Phi) is 42.0. The number of unbranched alkanes of at least 4 members (excludes halogenated alkanes) is 21. The van der Waals surface area contributed by atoms with Gasteiger partial charge in [0.2, 0.25) is 0 Å². The summed E-state index contributed by atoms with van der Waals surface area (Å²) < 4.78 is 17.4. The van der Waals surface area contributed by atoms with Crippen LogP contribution in [-0.4, -0.2) is 88.9 Å². The maximum absolute atomic E-state index is 13.4. The van der Waals surface area contributed by atoms with Crippen molar-refractivity contribution in [2.45, 2.75) is 227 Å². The lowest BCUT2D eigenvalue weighted by molar-refractivity contribution is -0.152. The van der Waals surface area contributed by atoms with Crippen LogP contribution in [0.1, 0.15) is 227 Å². The van der Waals surface area contributed by atoms with Gasteiger partial charge in [-0.1, -0.05) is 175 Å². The van der Waals surface area contributed by atoms with Crippen molar-refractivity contribution >= 4 is 11.9 Å². The minimum absolute atomic E-state index is 0.0145. The summed E-state index contributed by atoms with van der Waals surface area (Å²) in [7, 11) is 6.09. The van der Waals surface area contributed by atoms with Gasteiger partial charge in [0, 0.05) is 26.8 Å². The van der Waals surface area contributed by atoms with Gasteiger partial charge in [-0.25, -0.2) is 0 Å². The van der Waals surface area contributed by atoms with E-state index in [4.69, 9.17) is 14.2 Å². The van der Waals surface area contributed by atoms with Gasteiger partial charge in [0.1, 0.15) is 0 Å². The van der Waals surface area contributed by atoms with Gasteiger partial charge in [0.15, 0.2) is 0 Å². The zero-order chi connectivity index (χ0) is 42.0. The summed E-state index contributed by atoms with van der Waals surface area (Å²) >= 11 is 0. The zero-order valence-corrected chi connectivity index (χ0v) is 39.5. The highest BCUT2D eigenvalue weighted by atomic mass is 16.5. The monoisotopic (exact) mass is 809 g/mol. The average molecular weight is 809 g/mol. The van der Waals surface area contributed by atoms with Gasteiger partial charge in [-0.2, -0.15) is 0 Å². The normalized spacial score (nSPS) is 13.4. The fourth-order valence-corrected chi connectivity index (χ4v) is 8.16. The molecule has 0 N–H and O–H groups in total. The summed E-state index contributed by atoms with van der Waals surface area (Å²) in [6.07, 6.45) is 36.4. The van der Waals surface area contributed by atoms with Crippen molar-refractivity contribution in [2.24, 2.45) is 17.8 Å².